The zero-order valence-corrected chi connectivity index (χ0v) is 35.8. The van der Waals surface area contributed by atoms with Crippen LogP contribution in [0.5, 0.6) is 5.75 Å². The summed E-state index contributed by atoms with van der Waals surface area (Å²) in [5, 5.41) is 18.5. The number of amides is 3. The Balaban J connectivity index is 1.40. The van der Waals surface area contributed by atoms with Gasteiger partial charge in [0.25, 0.3) is 5.91 Å². The fourth-order valence-electron chi connectivity index (χ4n) is 8.14. The first-order chi connectivity index (χ1) is 27.8. The van der Waals surface area contributed by atoms with Crippen LogP contribution in [0.4, 0.5) is 0 Å². The minimum atomic E-state index is -0.961. The van der Waals surface area contributed by atoms with Crippen LogP contribution in [0.1, 0.15) is 110 Å². The number of nitrogens with zero attached hydrogens (tertiary/aromatic N) is 3. The highest BCUT2D eigenvalue weighted by atomic mass is 32.1. The summed E-state index contributed by atoms with van der Waals surface area (Å²) in [6, 6.07) is 13.5. The fourth-order valence-corrected chi connectivity index (χ4v) is 9.00. The molecule has 1 aliphatic heterocycles. The lowest BCUT2D eigenvalue weighted by Crippen LogP contribution is -2.58. The number of hydrogen-bond acceptors (Lipinski definition) is 10. The van der Waals surface area contributed by atoms with E-state index in [1.54, 1.807) is 24.6 Å². The molecule has 1 aliphatic carbocycles. The van der Waals surface area contributed by atoms with Gasteiger partial charge in [-0.15, -0.1) is 11.3 Å². The molecule has 2 heterocycles. The monoisotopic (exact) mass is 819 g/mol. The predicted octanol–water partition coefficient (Wildman–Crippen LogP) is 6.19. The predicted molar refractivity (Wildman–Crippen MR) is 223 cm³/mol. The number of carbonyl (C=O) groups is 4. The maximum atomic E-state index is 15.0. The topological polar surface area (TPSA) is 160 Å². The zero-order valence-electron chi connectivity index (χ0n) is 34.9. The first-order valence-corrected chi connectivity index (χ1v) is 21.3. The number of thiazole rings is 1. The Bertz CT molecular complexity index is 1840. The van der Waals surface area contributed by atoms with Gasteiger partial charge in [0, 0.05) is 37.5 Å². The van der Waals surface area contributed by atoms with Crippen LogP contribution in [0, 0.1) is 11.8 Å². The van der Waals surface area contributed by atoms with Gasteiger partial charge in [-0.2, -0.15) is 0 Å². The number of likely N-dealkylation sites (tertiary alicyclic amines) is 1. The quantitative estimate of drug-likeness (QED) is 0.119. The highest BCUT2D eigenvalue weighted by molar-refractivity contribution is 7.09. The SMILES string of the molecule is CCC(C)C(NC(=O)C1CCCCN1C)C(=O)N(Cc1ccccc1)[C@H](C[C@@H](OCOC)c1nc(C(=O)N[C@H]2Cc3ccc(OC)cc3[C@H](C(=O)O)C2)cs1)C(C)C. The summed E-state index contributed by atoms with van der Waals surface area (Å²) in [5.74, 6) is -1.99. The number of carboxylic acid groups (broad SMARTS) is 1. The second-order valence-electron chi connectivity index (χ2n) is 16.1. The fraction of sp³-hybridized carbons (Fsp3) is 0.568. The molecule has 7 atom stereocenters. The molecule has 316 valence electrons. The van der Waals surface area contributed by atoms with Gasteiger partial charge in [-0.05, 0) is 79.9 Å². The molecule has 0 bridgehead atoms. The van der Waals surface area contributed by atoms with Crippen molar-refractivity contribution in [2.75, 3.05) is 34.6 Å². The Hall–Kier alpha value is -4.37. The van der Waals surface area contributed by atoms with Crippen molar-refractivity contribution in [2.24, 2.45) is 11.8 Å². The van der Waals surface area contributed by atoms with E-state index in [0.29, 0.717) is 42.1 Å². The number of hydrogen-bond donors (Lipinski definition) is 3. The number of ether oxygens (including phenoxy) is 3. The Labute approximate surface area is 346 Å². The van der Waals surface area contributed by atoms with Crippen LogP contribution in [0.2, 0.25) is 0 Å². The lowest BCUT2D eigenvalue weighted by molar-refractivity contribution is -0.144. The number of likely N-dealkylation sites (N-methyl/N-ethyl adjacent to an activating group) is 1. The number of methoxy groups -OCH3 is 2. The molecule has 1 fully saturated rings. The van der Waals surface area contributed by atoms with Gasteiger partial charge in [0.1, 0.15) is 35.4 Å². The molecular weight excluding hydrogens is 759 g/mol. The Morgan fingerprint density at radius 3 is 2.48 bits per heavy atom. The summed E-state index contributed by atoms with van der Waals surface area (Å²) in [5.41, 5.74) is 2.70. The lowest BCUT2D eigenvalue weighted by Gasteiger charge is -2.40. The van der Waals surface area contributed by atoms with Gasteiger partial charge >= 0.3 is 5.97 Å². The van der Waals surface area contributed by atoms with Crippen LogP contribution in [0.3, 0.4) is 0 Å². The van der Waals surface area contributed by atoms with E-state index in [9.17, 15) is 19.5 Å². The summed E-state index contributed by atoms with van der Waals surface area (Å²) >= 11 is 1.29. The molecule has 0 spiro atoms. The van der Waals surface area contributed by atoms with E-state index in [0.717, 1.165) is 36.9 Å². The highest BCUT2D eigenvalue weighted by Gasteiger charge is 2.39. The molecular formula is C44H61N5O8S. The number of carbonyl (C=O) groups excluding carboxylic acids is 3. The van der Waals surface area contributed by atoms with Gasteiger partial charge < -0.3 is 34.9 Å². The average molecular weight is 820 g/mol. The third-order valence-corrected chi connectivity index (χ3v) is 12.7. The number of aliphatic carboxylic acids is 1. The van der Waals surface area contributed by atoms with E-state index >= 15 is 4.79 Å². The highest BCUT2D eigenvalue weighted by Crippen LogP contribution is 2.36. The van der Waals surface area contributed by atoms with Crippen LogP contribution in [-0.2, 0) is 36.8 Å². The van der Waals surface area contributed by atoms with Crippen LogP contribution in [0.25, 0.3) is 0 Å². The van der Waals surface area contributed by atoms with Crippen molar-refractivity contribution in [1.29, 1.82) is 0 Å². The van der Waals surface area contributed by atoms with Gasteiger partial charge in [0.2, 0.25) is 11.8 Å². The van der Waals surface area contributed by atoms with Crippen molar-refractivity contribution in [1.82, 2.24) is 25.4 Å². The van der Waals surface area contributed by atoms with Gasteiger partial charge in [0.05, 0.1) is 19.1 Å². The molecule has 3 amide bonds. The first kappa shape index (κ1) is 44.7. The maximum Gasteiger partial charge on any atom is 0.311 e. The molecule has 3 aromatic rings. The number of carboxylic acids is 1. The maximum absolute atomic E-state index is 15.0. The number of aromatic nitrogens is 1. The average Bonchev–Trinajstić information content (AvgIpc) is 3.72. The zero-order chi connectivity index (χ0) is 41.9. The van der Waals surface area contributed by atoms with Crippen LogP contribution >= 0.6 is 11.3 Å². The summed E-state index contributed by atoms with van der Waals surface area (Å²) < 4.78 is 16.9. The minimum absolute atomic E-state index is 0.0295. The van der Waals surface area contributed by atoms with E-state index in [1.807, 2.05) is 62.2 Å². The largest absolute Gasteiger partial charge is 0.497 e. The third kappa shape index (κ3) is 11.2. The molecule has 3 unspecified atom stereocenters. The van der Waals surface area contributed by atoms with Crippen molar-refractivity contribution in [2.45, 2.75) is 115 Å². The normalized spacial score (nSPS) is 20.3. The lowest BCUT2D eigenvalue weighted by atomic mass is 9.80. The number of fused-ring (bicyclic) bond motifs is 1. The van der Waals surface area contributed by atoms with Crippen molar-refractivity contribution >= 4 is 35.0 Å². The van der Waals surface area contributed by atoms with Crippen LogP contribution in [0.15, 0.2) is 53.9 Å². The summed E-state index contributed by atoms with van der Waals surface area (Å²) in [4.78, 5) is 63.5. The number of piperidine rings is 1. The summed E-state index contributed by atoms with van der Waals surface area (Å²) in [6.07, 6.45) is 3.90. The van der Waals surface area contributed by atoms with Crippen LogP contribution in [-0.4, -0.2) is 102 Å². The smallest absolute Gasteiger partial charge is 0.311 e. The Kier molecular flexibility index (Phi) is 16.2. The standard InChI is InChI=1S/C44H61N5O8S/c1-8-28(4)39(47-41(51)36-16-12-13-19-48(36)5)43(52)49(24-29-14-10-9-11-15-29)37(27(2)3)23-38(57-26-55-6)42-46-35(25-58-42)40(50)45-31-20-30-17-18-32(56-7)22-33(30)34(21-31)44(53)54/h9-11,14-15,17-18,22,25,27-28,31,34,36-39H,8,12-13,16,19-21,23-24,26H2,1-7H3,(H,45,50)(H,47,51)(H,53,54)/t28?,31-,34+,36?,37+,38+,39?/m0/s1. The van der Waals surface area contributed by atoms with E-state index in [-0.39, 0.29) is 54.6 Å². The number of benzene rings is 2. The molecule has 0 saturated carbocycles. The number of nitrogens with one attached hydrogen (secondary N) is 2. The van der Waals surface area contributed by atoms with Crippen LogP contribution < -0.4 is 15.4 Å². The Morgan fingerprint density at radius 2 is 1.83 bits per heavy atom. The number of rotatable bonds is 19. The second-order valence-corrected chi connectivity index (χ2v) is 17.0. The van der Waals surface area contributed by atoms with E-state index in [1.165, 1.54) is 18.4 Å². The van der Waals surface area contributed by atoms with Crippen molar-refractivity contribution in [3.05, 3.63) is 81.3 Å². The van der Waals surface area contributed by atoms with E-state index in [4.69, 9.17) is 19.2 Å². The molecule has 0 radical (unpaired) electrons. The minimum Gasteiger partial charge on any atom is -0.497 e. The first-order valence-electron chi connectivity index (χ1n) is 20.5. The van der Waals surface area contributed by atoms with Crippen molar-refractivity contribution in [3.8, 4) is 5.75 Å². The molecule has 58 heavy (non-hydrogen) atoms. The van der Waals surface area contributed by atoms with E-state index in [2.05, 4.69) is 29.4 Å². The molecule has 2 aromatic carbocycles. The van der Waals surface area contributed by atoms with Gasteiger partial charge in [-0.25, -0.2) is 4.98 Å². The summed E-state index contributed by atoms with van der Waals surface area (Å²) in [7, 11) is 5.05. The molecule has 1 saturated heterocycles. The molecule has 1 aromatic heterocycles. The Morgan fingerprint density at radius 1 is 1.07 bits per heavy atom. The molecule has 14 heteroatoms. The van der Waals surface area contributed by atoms with Gasteiger partial charge in [-0.3, -0.25) is 24.1 Å². The van der Waals surface area contributed by atoms with Gasteiger partial charge in [-0.1, -0.05) is 76.9 Å². The molecule has 13 nitrogen and oxygen atoms in total. The second kappa shape index (κ2) is 21.1. The van der Waals surface area contributed by atoms with Crippen molar-refractivity contribution in [3.63, 3.8) is 0 Å². The molecule has 3 N–H and O–H groups in total. The van der Waals surface area contributed by atoms with E-state index < -0.39 is 36.0 Å². The summed E-state index contributed by atoms with van der Waals surface area (Å²) in [6.45, 7) is 9.32. The molecule has 2 aliphatic rings. The van der Waals surface area contributed by atoms with Gasteiger partial charge in [0.15, 0.2) is 0 Å². The van der Waals surface area contributed by atoms with Crippen molar-refractivity contribution < 1.29 is 38.5 Å². The third-order valence-electron chi connectivity index (χ3n) is 11.7. The molecule has 5 rings (SSSR count).